The molecule has 0 spiro atoms. The zero-order valence-corrected chi connectivity index (χ0v) is 16.1. The number of carbonyl (C=O) groups is 1. The molecule has 0 radical (unpaired) electrons. The second kappa shape index (κ2) is 9.08. The smallest absolute Gasteiger partial charge is 0.273 e. The number of amides is 1. The SMILES string of the molecule is CC1CCN(CCCNC(=O)c2cn([C@H](C)c3ccccc3F)nn2)CC1. The molecule has 1 aliphatic rings. The highest BCUT2D eigenvalue weighted by Gasteiger charge is 2.18. The van der Waals surface area contributed by atoms with Gasteiger partial charge in [0.15, 0.2) is 5.69 Å². The van der Waals surface area contributed by atoms with E-state index < -0.39 is 0 Å². The number of likely N-dealkylation sites (tertiary alicyclic amines) is 1. The summed E-state index contributed by atoms with van der Waals surface area (Å²) in [6.45, 7) is 8.05. The maximum Gasteiger partial charge on any atom is 0.273 e. The molecule has 0 bridgehead atoms. The fourth-order valence-electron chi connectivity index (χ4n) is 3.41. The summed E-state index contributed by atoms with van der Waals surface area (Å²) in [6.07, 6.45) is 5.00. The Hall–Kier alpha value is -2.28. The highest BCUT2D eigenvalue weighted by Crippen LogP contribution is 2.20. The van der Waals surface area contributed by atoms with E-state index in [-0.39, 0.29) is 23.5 Å². The molecule has 27 heavy (non-hydrogen) atoms. The number of nitrogens with zero attached hydrogens (tertiary/aromatic N) is 4. The average Bonchev–Trinajstić information content (AvgIpc) is 3.17. The van der Waals surface area contributed by atoms with Crippen molar-refractivity contribution < 1.29 is 9.18 Å². The topological polar surface area (TPSA) is 63.1 Å². The summed E-state index contributed by atoms with van der Waals surface area (Å²) in [4.78, 5) is 14.7. The molecule has 0 aliphatic carbocycles. The molecule has 1 aromatic carbocycles. The number of piperidine rings is 1. The van der Waals surface area contributed by atoms with Crippen molar-refractivity contribution in [3.63, 3.8) is 0 Å². The molecule has 3 rings (SSSR count). The molecule has 146 valence electrons. The van der Waals surface area contributed by atoms with Crippen LogP contribution in [0.25, 0.3) is 0 Å². The van der Waals surface area contributed by atoms with Crippen LogP contribution in [-0.2, 0) is 0 Å². The van der Waals surface area contributed by atoms with Gasteiger partial charge in [-0.2, -0.15) is 0 Å². The first kappa shape index (κ1) is 19.5. The lowest BCUT2D eigenvalue weighted by Gasteiger charge is -2.30. The number of aromatic nitrogens is 3. The van der Waals surface area contributed by atoms with Gasteiger partial charge in [0, 0.05) is 12.1 Å². The molecule has 1 N–H and O–H groups in total. The summed E-state index contributed by atoms with van der Waals surface area (Å²) >= 11 is 0. The van der Waals surface area contributed by atoms with Gasteiger partial charge >= 0.3 is 0 Å². The molecule has 1 fully saturated rings. The molecule has 1 aromatic heterocycles. The molecule has 1 amide bonds. The van der Waals surface area contributed by atoms with E-state index in [1.807, 2.05) is 6.92 Å². The van der Waals surface area contributed by atoms with E-state index in [2.05, 4.69) is 27.5 Å². The van der Waals surface area contributed by atoms with Crippen LogP contribution in [0.1, 0.15) is 55.2 Å². The Kier molecular flexibility index (Phi) is 6.55. The van der Waals surface area contributed by atoms with Gasteiger partial charge in [-0.25, -0.2) is 9.07 Å². The Labute approximate surface area is 159 Å². The third-order valence-electron chi connectivity index (χ3n) is 5.31. The third kappa shape index (κ3) is 5.13. The van der Waals surface area contributed by atoms with Crippen LogP contribution >= 0.6 is 0 Å². The van der Waals surface area contributed by atoms with Crippen LogP contribution in [0.4, 0.5) is 4.39 Å². The molecule has 7 heteroatoms. The maximum absolute atomic E-state index is 13.9. The lowest BCUT2D eigenvalue weighted by Crippen LogP contribution is -2.35. The average molecular weight is 373 g/mol. The largest absolute Gasteiger partial charge is 0.351 e. The second-order valence-electron chi connectivity index (χ2n) is 7.41. The minimum atomic E-state index is -0.332. The van der Waals surface area contributed by atoms with Crippen molar-refractivity contribution in [3.8, 4) is 0 Å². The van der Waals surface area contributed by atoms with E-state index in [0.29, 0.717) is 12.1 Å². The van der Waals surface area contributed by atoms with E-state index in [0.717, 1.165) is 32.0 Å². The molecule has 2 aromatic rings. The molecule has 1 atom stereocenters. The molecular weight excluding hydrogens is 345 g/mol. The van der Waals surface area contributed by atoms with E-state index in [1.165, 1.54) is 23.6 Å². The van der Waals surface area contributed by atoms with Crippen molar-refractivity contribution >= 4 is 5.91 Å². The maximum atomic E-state index is 13.9. The predicted molar refractivity (Wildman–Crippen MR) is 102 cm³/mol. The zero-order valence-electron chi connectivity index (χ0n) is 16.1. The van der Waals surface area contributed by atoms with Gasteiger partial charge in [-0.3, -0.25) is 4.79 Å². The number of rotatable bonds is 7. The van der Waals surface area contributed by atoms with Gasteiger partial charge in [-0.15, -0.1) is 5.10 Å². The summed E-state index contributed by atoms with van der Waals surface area (Å²) in [5, 5.41) is 10.8. The number of benzene rings is 1. The molecule has 2 heterocycles. The Morgan fingerprint density at radius 2 is 2.07 bits per heavy atom. The van der Waals surface area contributed by atoms with E-state index >= 15 is 0 Å². The van der Waals surface area contributed by atoms with Crippen LogP contribution in [0.3, 0.4) is 0 Å². The fraction of sp³-hybridized carbons (Fsp3) is 0.550. The van der Waals surface area contributed by atoms with Crippen LogP contribution in [0, 0.1) is 11.7 Å². The van der Waals surface area contributed by atoms with Gasteiger partial charge in [0.1, 0.15) is 5.82 Å². The molecule has 6 nitrogen and oxygen atoms in total. The van der Waals surface area contributed by atoms with Gasteiger partial charge in [0.05, 0.1) is 12.2 Å². The van der Waals surface area contributed by atoms with Crippen molar-refractivity contribution in [2.45, 2.75) is 39.2 Å². The van der Waals surface area contributed by atoms with Crippen LogP contribution in [0.15, 0.2) is 30.5 Å². The Balaban J connectivity index is 1.46. The van der Waals surface area contributed by atoms with Gasteiger partial charge in [0.2, 0.25) is 0 Å². The first-order chi connectivity index (χ1) is 13.0. The molecule has 0 saturated carbocycles. The number of hydrogen-bond donors (Lipinski definition) is 1. The monoisotopic (exact) mass is 373 g/mol. The quantitative estimate of drug-likeness (QED) is 0.758. The summed E-state index contributed by atoms with van der Waals surface area (Å²) < 4.78 is 15.4. The van der Waals surface area contributed by atoms with Crippen LogP contribution in [0.2, 0.25) is 0 Å². The van der Waals surface area contributed by atoms with Gasteiger partial charge in [-0.05, 0) is 57.8 Å². The summed E-state index contributed by atoms with van der Waals surface area (Å²) in [6, 6.07) is 6.22. The van der Waals surface area contributed by atoms with Crippen molar-refractivity contribution in [2.24, 2.45) is 5.92 Å². The van der Waals surface area contributed by atoms with Crippen LogP contribution in [-0.4, -0.2) is 52.0 Å². The predicted octanol–water partition coefficient (Wildman–Crippen LogP) is 2.88. The van der Waals surface area contributed by atoms with Crippen molar-refractivity contribution in [2.75, 3.05) is 26.2 Å². The molecule has 1 aliphatic heterocycles. The number of hydrogen-bond acceptors (Lipinski definition) is 4. The van der Waals surface area contributed by atoms with Crippen LogP contribution < -0.4 is 5.32 Å². The van der Waals surface area contributed by atoms with Gasteiger partial charge in [-0.1, -0.05) is 30.3 Å². The van der Waals surface area contributed by atoms with E-state index in [4.69, 9.17) is 0 Å². The number of halogens is 1. The molecule has 1 saturated heterocycles. The Morgan fingerprint density at radius 1 is 1.33 bits per heavy atom. The van der Waals surface area contributed by atoms with E-state index in [1.54, 1.807) is 24.4 Å². The summed E-state index contributed by atoms with van der Waals surface area (Å²) in [5.41, 5.74) is 0.773. The molecular formula is C20H28FN5O. The zero-order chi connectivity index (χ0) is 19.2. The normalized spacial score (nSPS) is 17.0. The lowest BCUT2D eigenvalue weighted by atomic mass is 9.99. The Morgan fingerprint density at radius 3 is 2.81 bits per heavy atom. The standard InChI is InChI=1S/C20H28FN5O/c1-15-8-12-25(13-9-15)11-5-10-22-20(27)19-14-26(24-23-19)16(2)17-6-3-4-7-18(17)21/h3-4,6-7,14-16H,5,8-13H2,1-2H3,(H,22,27)/t16-/m1/s1. The summed E-state index contributed by atoms with van der Waals surface area (Å²) in [5.74, 6) is 0.295. The number of carbonyl (C=O) groups excluding carboxylic acids is 1. The van der Waals surface area contributed by atoms with Gasteiger partial charge < -0.3 is 10.2 Å². The first-order valence-electron chi connectivity index (χ1n) is 9.71. The van der Waals surface area contributed by atoms with Crippen molar-refractivity contribution in [3.05, 3.63) is 47.5 Å². The molecule has 0 unspecified atom stereocenters. The highest BCUT2D eigenvalue weighted by molar-refractivity contribution is 5.91. The summed E-state index contributed by atoms with van der Waals surface area (Å²) in [7, 11) is 0. The minimum absolute atomic E-state index is 0.241. The van der Waals surface area contributed by atoms with Crippen LogP contribution in [0.5, 0.6) is 0 Å². The lowest BCUT2D eigenvalue weighted by molar-refractivity contribution is 0.0945. The minimum Gasteiger partial charge on any atom is -0.351 e. The highest BCUT2D eigenvalue weighted by atomic mass is 19.1. The van der Waals surface area contributed by atoms with Crippen molar-refractivity contribution in [1.29, 1.82) is 0 Å². The van der Waals surface area contributed by atoms with E-state index in [9.17, 15) is 9.18 Å². The second-order valence-corrected chi connectivity index (χ2v) is 7.41. The first-order valence-corrected chi connectivity index (χ1v) is 9.71. The van der Waals surface area contributed by atoms with Gasteiger partial charge in [0.25, 0.3) is 5.91 Å². The Bertz CT molecular complexity index is 754. The number of nitrogens with one attached hydrogen (secondary N) is 1. The third-order valence-corrected chi connectivity index (χ3v) is 5.31. The van der Waals surface area contributed by atoms with Crippen molar-refractivity contribution in [1.82, 2.24) is 25.2 Å². The fourth-order valence-corrected chi connectivity index (χ4v) is 3.41.